The summed E-state index contributed by atoms with van der Waals surface area (Å²) in [6.07, 6.45) is 6.30. The minimum absolute atomic E-state index is 0.231. The van der Waals surface area contributed by atoms with Crippen LogP contribution in [0.25, 0.3) is 0 Å². The van der Waals surface area contributed by atoms with Crippen LogP contribution in [0.5, 0.6) is 0 Å². The summed E-state index contributed by atoms with van der Waals surface area (Å²) in [7, 11) is 0. The smallest absolute Gasteiger partial charge is 0.261 e. The summed E-state index contributed by atoms with van der Waals surface area (Å²) in [6.45, 7) is 6.74. The summed E-state index contributed by atoms with van der Waals surface area (Å²) in [5.41, 5.74) is 1.84. The first-order valence-electron chi connectivity index (χ1n) is 7.61. The first-order valence-corrected chi connectivity index (χ1v) is 7.61. The van der Waals surface area contributed by atoms with Crippen LogP contribution in [0.4, 0.5) is 0 Å². The second kappa shape index (κ2) is 8.56. The van der Waals surface area contributed by atoms with Crippen molar-refractivity contribution in [2.75, 3.05) is 6.54 Å². The SMILES string of the molecule is CCCCCCNC(=O)c1cc(CCC)c(C)[nH]c1=O. The molecule has 0 aliphatic heterocycles. The van der Waals surface area contributed by atoms with Gasteiger partial charge >= 0.3 is 0 Å². The summed E-state index contributed by atoms with van der Waals surface area (Å²) < 4.78 is 0. The van der Waals surface area contributed by atoms with Crippen LogP contribution in [0.1, 0.15) is 67.6 Å². The highest BCUT2D eigenvalue weighted by Gasteiger charge is 2.12. The van der Waals surface area contributed by atoms with Crippen molar-refractivity contribution in [1.82, 2.24) is 10.3 Å². The predicted molar refractivity (Wildman–Crippen MR) is 82.3 cm³/mol. The largest absolute Gasteiger partial charge is 0.352 e. The van der Waals surface area contributed by atoms with E-state index in [2.05, 4.69) is 24.1 Å². The number of amides is 1. The Balaban J connectivity index is 2.67. The molecular formula is C16H26N2O2. The third-order valence-corrected chi connectivity index (χ3v) is 3.43. The number of H-pyrrole nitrogens is 1. The molecule has 0 atom stereocenters. The summed E-state index contributed by atoms with van der Waals surface area (Å²) >= 11 is 0. The highest BCUT2D eigenvalue weighted by atomic mass is 16.2. The number of nitrogens with one attached hydrogen (secondary N) is 2. The van der Waals surface area contributed by atoms with E-state index in [1.807, 2.05) is 6.92 Å². The van der Waals surface area contributed by atoms with Crippen molar-refractivity contribution in [3.05, 3.63) is 33.2 Å². The molecule has 0 spiro atoms. The first-order chi connectivity index (χ1) is 9.60. The Bertz CT molecular complexity index is 492. The molecule has 4 heteroatoms. The van der Waals surface area contributed by atoms with E-state index in [1.54, 1.807) is 6.07 Å². The quantitative estimate of drug-likeness (QED) is 0.718. The topological polar surface area (TPSA) is 62.0 Å². The fraction of sp³-hybridized carbons (Fsp3) is 0.625. The Morgan fingerprint density at radius 3 is 2.60 bits per heavy atom. The molecule has 1 rings (SSSR count). The van der Waals surface area contributed by atoms with Gasteiger partial charge in [-0.3, -0.25) is 9.59 Å². The fourth-order valence-electron chi connectivity index (χ4n) is 2.21. The standard InChI is InChI=1S/C16H26N2O2/c1-4-6-7-8-10-17-15(19)14-11-13(9-5-2)12(3)18-16(14)20/h11H,4-10H2,1-3H3,(H,17,19)(H,18,20). The van der Waals surface area contributed by atoms with E-state index in [0.29, 0.717) is 6.54 Å². The lowest BCUT2D eigenvalue weighted by atomic mass is 10.1. The van der Waals surface area contributed by atoms with E-state index in [9.17, 15) is 9.59 Å². The molecule has 0 aromatic carbocycles. The summed E-state index contributed by atoms with van der Waals surface area (Å²) in [4.78, 5) is 26.7. The number of carbonyl (C=O) groups excluding carboxylic acids is 1. The number of aromatic amines is 1. The minimum Gasteiger partial charge on any atom is -0.352 e. The number of rotatable bonds is 8. The van der Waals surface area contributed by atoms with Crippen molar-refractivity contribution >= 4 is 5.91 Å². The van der Waals surface area contributed by atoms with E-state index in [4.69, 9.17) is 0 Å². The molecule has 0 unspecified atom stereocenters. The van der Waals surface area contributed by atoms with E-state index >= 15 is 0 Å². The van der Waals surface area contributed by atoms with Crippen LogP contribution in [0.3, 0.4) is 0 Å². The molecule has 0 fully saturated rings. The molecule has 0 radical (unpaired) electrons. The van der Waals surface area contributed by atoms with Crippen molar-refractivity contribution in [1.29, 1.82) is 0 Å². The van der Waals surface area contributed by atoms with Gasteiger partial charge in [-0.2, -0.15) is 0 Å². The highest BCUT2D eigenvalue weighted by Crippen LogP contribution is 2.08. The maximum Gasteiger partial charge on any atom is 0.261 e. The molecule has 112 valence electrons. The Morgan fingerprint density at radius 1 is 1.20 bits per heavy atom. The molecule has 1 heterocycles. The maximum absolute atomic E-state index is 12.0. The summed E-state index contributed by atoms with van der Waals surface area (Å²) in [5.74, 6) is -0.264. The minimum atomic E-state index is -0.298. The van der Waals surface area contributed by atoms with E-state index < -0.39 is 0 Å². The molecular weight excluding hydrogens is 252 g/mol. The highest BCUT2D eigenvalue weighted by molar-refractivity contribution is 5.94. The Morgan fingerprint density at radius 2 is 1.95 bits per heavy atom. The second-order valence-corrected chi connectivity index (χ2v) is 5.23. The third kappa shape index (κ3) is 4.83. The van der Waals surface area contributed by atoms with E-state index in [-0.39, 0.29) is 17.0 Å². The van der Waals surface area contributed by atoms with Crippen molar-refractivity contribution in [3.63, 3.8) is 0 Å². The van der Waals surface area contributed by atoms with Crippen LogP contribution in [0.2, 0.25) is 0 Å². The van der Waals surface area contributed by atoms with E-state index in [1.165, 1.54) is 12.8 Å². The molecule has 0 aliphatic carbocycles. The number of carbonyl (C=O) groups is 1. The Labute approximate surface area is 121 Å². The van der Waals surface area contributed by atoms with Gasteiger partial charge in [-0.25, -0.2) is 0 Å². The van der Waals surface area contributed by atoms with Crippen LogP contribution >= 0.6 is 0 Å². The van der Waals surface area contributed by atoms with E-state index in [0.717, 1.165) is 36.9 Å². The zero-order valence-electron chi connectivity index (χ0n) is 12.8. The van der Waals surface area contributed by atoms with Crippen molar-refractivity contribution < 1.29 is 4.79 Å². The van der Waals surface area contributed by atoms with Crippen molar-refractivity contribution in [2.45, 2.75) is 59.3 Å². The van der Waals surface area contributed by atoms with Crippen LogP contribution < -0.4 is 10.9 Å². The molecule has 1 aromatic heterocycles. The van der Waals surface area contributed by atoms with Gasteiger partial charge in [0.1, 0.15) is 5.56 Å². The first kappa shape index (κ1) is 16.5. The lowest BCUT2D eigenvalue weighted by Crippen LogP contribution is -2.31. The molecule has 20 heavy (non-hydrogen) atoms. The molecule has 1 aromatic rings. The average molecular weight is 278 g/mol. The molecule has 2 N–H and O–H groups in total. The van der Waals surface area contributed by atoms with Gasteiger partial charge in [0.05, 0.1) is 0 Å². The number of pyridine rings is 1. The maximum atomic E-state index is 12.0. The number of hydrogen-bond donors (Lipinski definition) is 2. The Hall–Kier alpha value is -1.58. The van der Waals surface area contributed by atoms with Crippen LogP contribution in [0, 0.1) is 6.92 Å². The number of unbranched alkanes of at least 4 members (excludes halogenated alkanes) is 3. The van der Waals surface area contributed by atoms with Crippen molar-refractivity contribution in [2.24, 2.45) is 0 Å². The second-order valence-electron chi connectivity index (χ2n) is 5.23. The fourth-order valence-corrected chi connectivity index (χ4v) is 2.21. The zero-order chi connectivity index (χ0) is 15.0. The van der Waals surface area contributed by atoms with Crippen LogP contribution in [0.15, 0.2) is 10.9 Å². The normalized spacial score (nSPS) is 10.6. The predicted octanol–water partition coefficient (Wildman–Crippen LogP) is 2.95. The molecule has 0 aliphatic rings. The van der Waals surface area contributed by atoms with Gasteiger partial charge in [0.2, 0.25) is 0 Å². The van der Waals surface area contributed by atoms with Crippen LogP contribution in [-0.2, 0) is 6.42 Å². The van der Waals surface area contributed by atoms with Crippen LogP contribution in [-0.4, -0.2) is 17.4 Å². The van der Waals surface area contributed by atoms with Gasteiger partial charge < -0.3 is 10.3 Å². The lowest BCUT2D eigenvalue weighted by molar-refractivity contribution is 0.0951. The lowest BCUT2D eigenvalue weighted by Gasteiger charge is -2.08. The van der Waals surface area contributed by atoms with Gasteiger partial charge in [0, 0.05) is 12.2 Å². The van der Waals surface area contributed by atoms with Gasteiger partial charge in [0.25, 0.3) is 11.5 Å². The molecule has 0 saturated heterocycles. The monoisotopic (exact) mass is 278 g/mol. The van der Waals surface area contributed by atoms with Gasteiger partial charge in [-0.1, -0.05) is 39.5 Å². The Kier molecular flexibility index (Phi) is 7.05. The van der Waals surface area contributed by atoms with Gasteiger partial charge in [-0.15, -0.1) is 0 Å². The molecule has 0 bridgehead atoms. The zero-order valence-corrected chi connectivity index (χ0v) is 12.8. The molecule has 4 nitrogen and oxygen atoms in total. The van der Waals surface area contributed by atoms with Gasteiger partial charge in [0.15, 0.2) is 0 Å². The average Bonchev–Trinajstić information content (AvgIpc) is 2.41. The summed E-state index contributed by atoms with van der Waals surface area (Å²) in [6, 6.07) is 1.74. The summed E-state index contributed by atoms with van der Waals surface area (Å²) in [5, 5.41) is 2.83. The third-order valence-electron chi connectivity index (χ3n) is 3.43. The van der Waals surface area contributed by atoms with Crippen molar-refractivity contribution in [3.8, 4) is 0 Å². The number of aryl methyl sites for hydroxylation is 2. The number of aromatic nitrogens is 1. The number of hydrogen-bond acceptors (Lipinski definition) is 2. The molecule has 1 amide bonds. The van der Waals surface area contributed by atoms with Gasteiger partial charge in [-0.05, 0) is 31.4 Å². The molecule has 0 saturated carbocycles.